The molecule has 0 amide bonds. The highest BCUT2D eigenvalue weighted by molar-refractivity contribution is 7.93. The minimum absolute atomic E-state index is 0.0181. The van der Waals surface area contributed by atoms with Gasteiger partial charge < -0.3 is 10.1 Å². The summed E-state index contributed by atoms with van der Waals surface area (Å²) < 4.78 is 43.6. The van der Waals surface area contributed by atoms with E-state index in [-0.39, 0.29) is 16.5 Å². The molecule has 188 valence electrons. The van der Waals surface area contributed by atoms with E-state index >= 15 is 0 Å². The summed E-state index contributed by atoms with van der Waals surface area (Å²) in [5.74, 6) is 1.02. The monoisotopic (exact) mass is 540 g/mol. The smallest absolute Gasteiger partial charge is 0.265 e. The van der Waals surface area contributed by atoms with Gasteiger partial charge in [0.1, 0.15) is 28.3 Å². The highest BCUT2D eigenvalue weighted by Crippen LogP contribution is 2.29. The Balaban J connectivity index is 1.29. The molecule has 0 aliphatic carbocycles. The molecule has 0 fully saturated rings. The van der Waals surface area contributed by atoms with Crippen molar-refractivity contribution >= 4 is 61.1 Å². The lowest BCUT2D eigenvalue weighted by Crippen LogP contribution is -2.16. The molecule has 0 saturated carbocycles. The molecule has 0 bridgehead atoms. The zero-order valence-corrected chi connectivity index (χ0v) is 21.4. The van der Waals surface area contributed by atoms with Crippen molar-refractivity contribution in [1.82, 2.24) is 18.7 Å². The first-order chi connectivity index (χ1) is 18.5. The van der Waals surface area contributed by atoms with E-state index in [2.05, 4.69) is 28.8 Å². The lowest BCUT2D eigenvalue weighted by Gasteiger charge is -2.14. The summed E-state index contributed by atoms with van der Waals surface area (Å²) in [5, 5.41) is 3.19. The maximum atomic E-state index is 13.4. The van der Waals surface area contributed by atoms with Gasteiger partial charge in [0.05, 0.1) is 22.8 Å². The maximum absolute atomic E-state index is 13.4. The molecule has 0 aliphatic heterocycles. The molecule has 6 aromatic rings. The first kappa shape index (κ1) is 23.8. The summed E-state index contributed by atoms with van der Waals surface area (Å²) in [5.41, 5.74) is 3.74. The molecule has 0 saturated heterocycles. The fourth-order valence-electron chi connectivity index (χ4n) is 3.85. The van der Waals surface area contributed by atoms with Crippen molar-refractivity contribution in [3.05, 3.63) is 103 Å². The van der Waals surface area contributed by atoms with Crippen molar-refractivity contribution < 1.29 is 13.2 Å². The van der Waals surface area contributed by atoms with E-state index in [1.54, 1.807) is 18.2 Å². The predicted molar refractivity (Wildman–Crippen MR) is 148 cm³/mol. The molecule has 2 aromatic heterocycles. The van der Waals surface area contributed by atoms with Crippen LogP contribution in [0, 0.1) is 0 Å². The van der Waals surface area contributed by atoms with Gasteiger partial charge in [0.15, 0.2) is 11.6 Å². The highest BCUT2D eigenvalue weighted by atomic mass is 32.2. The highest BCUT2D eigenvalue weighted by Gasteiger charge is 2.23. The third-order valence-corrected chi connectivity index (χ3v) is 7.62. The molecule has 11 heteroatoms. The largest absolute Gasteiger partial charge is 0.489 e. The van der Waals surface area contributed by atoms with Crippen LogP contribution in [0.5, 0.6) is 5.75 Å². The second-order valence-corrected chi connectivity index (χ2v) is 10.5. The van der Waals surface area contributed by atoms with Gasteiger partial charge in [-0.1, -0.05) is 48.5 Å². The molecule has 2 heterocycles. The van der Waals surface area contributed by atoms with Crippen LogP contribution in [-0.4, -0.2) is 27.1 Å². The van der Waals surface area contributed by atoms with Gasteiger partial charge in [-0.3, -0.25) is 4.72 Å². The Hall–Kier alpha value is -4.61. The van der Waals surface area contributed by atoms with Crippen LogP contribution in [0.1, 0.15) is 5.56 Å². The number of anilines is 3. The van der Waals surface area contributed by atoms with E-state index in [9.17, 15) is 8.42 Å². The Morgan fingerprint density at radius 1 is 0.711 bits per heavy atom. The van der Waals surface area contributed by atoms with Crippen molar-refractivity contribution in [2.45, 2.75) is 11.5 Å². The van der Waals surface area contributed by atoms with Crippen molar-refractivity contribution in [3.63, 3.8) is 0 Å². The number of fused-ring (bicyclic) bond motifs is 2. The Kier molecular flexibility index (Phi) is 6.28. The van der Waals surface area contributed by atoms with Gasteiger partial charge in [-0.25, -0.2) is 18.4 Å². The summed E-state index contributed by atoms with van der Waals surface area (Å²) >= 11 is 0.957. The summed E-state index contributed by atoms with van der Waals surface area (Å²) in [6.07, 6.45) is 0. The Labute approximate surface area is 222 Å². The van der Waals surface area contributed by atoms with Crippen molar-refractivity contribution in [1.29, 1.82) is 0 Å². The van der Waals surface area contributed by atoms with Crippen molar-refractivity contribution in [2.24, 2.45) is 0 Å². The fraction of sp³-hybridized carbons (Fsp3) is 0.0370. The van der Waals surface area contributed by atoms with Gasteiger partial charge in [0, 0.05) is 5.69 Å². The molecule has 38 heavy (non-hydrogen) atoms. The number of ether oxygens (including phenoxy) is 1. The van der Waals surface area contributed by atoms with Gasteiger partial charge in [-0.05, 0) is 54.1 Å². The molecule has 2 N–H and O–H groups in total. The van der Waals surface area contributed by atoms with E-state index in [1.807, 2.05) is 72.8 Å². The Morgan fingerprint density at radius 3 is 2.16 bits per heavy atom. The van der Waals surface area contributed by atoms with Crippen LogP contribution in [0.15, 0.2) is 102 Å². The van der Waals surface area contributed by atoms with Crippen LogP contribution in [0.25, 0.3) is 22.1 Å². The molecular formula is C27H20N6O3S2. The van der Waals surface area contributed by atoms with E-state index in [0.717, 1.165) is 17.3 Å². The van der Waals surface area contributed by atoms with E-state index < -0.39 is 10.0 Å². The molecule has 4 aromatic carbocycles. The normalized spacial score (nSPS) is 11.5. The number of sulfonamides is 1. The molecule has 0 spiro atoms. The molecule has 9 nitrogen and oxygen atoms in total. The van der Waals surface area contributed by atoms with Gasteiger partial charge in [0.2, 0.25) is 0 Å². The zero-order chi connectivity index (χ0) is 26.0. The second kappa shape index (κ2) is 10.0. The Bertz CT molecular complexity index is 1840. The van der Waals surface area contributed by atoms with Crippen LogP contribution in [0.2, 0.25) is 0 Å². The summed E-state index contributed by atoms with van der Waals surface area (Å²) in [6.45, 7) is 0.455. The number of para-hydroxylation sites is 2. The van der Waals surface area contributed by atoms with Crippen LogP contribution in [-0.2, 0) is 16.6 Å². The number of hydrogen-bond donors (Lipinski definition) is 2. The molecule has 0 unspecified atom stereocenters. The third kappa shape index (κ3) is 4.97. The summed E-state index contributed by atoms with van der Waals surface area (Å²) in [6, 6.07) is 29.3. The average Bonchev–Trinajstić information content (AvgIpc) is 3.42. The first-order valence-corrected chi connectivity index (χ1v) is 13.8. The average molecular weight is 541 g/mol. The maximum Gasteiger partial charge on any atom is 0.265 e. The van der Waals surface area contributed by atoms with Gasteiger partial charge >= 0.3 is 0 Å². The second-order valence-electron chi connectivity index (χ2n) is 8.33. The Morgan fingerprint density at radius 2 is 1.39 bits per heavy atom. The number of aromatic nitrogens is 4. The summed E-state index contributed by atoms with van der Waals surface area (Å²) in [7, 11) is -4.04. The lowest BCUT2D eigenvalue weighted by molar-refractivity contribution is 0.306. The van der Waals surface area contributed by atoms with Gasteiger partial charge in [0.25, 0.3) is 10.0 Å². The lowest BCUT2D eigenvalue weighted by atomic mass is 10.2. The van der Waals surface area contributed by atoms with Crippen LogP contribution in [0.4, 0.5) is 17.3 Å². The summed E-state index contributed by atoms with van der Waals surface area (Å²) in [4.78, 5) is 9.22. The van der Waals surface area contributed by atoms with Crippen molar-refractivity contribution in [2.75, 3.05) is 10.0 Å². The molecule has 6 rings (SSSR count). The van der Waals surface area contributed by atoms with E-state index in [1.165, 1.54) is 6.07 Å². The fourth-order valence-corrected chi connectivity index (χ4v) is 5.63. The quantitative estimate of drug-likeness (QED) is 0.250. The van der Waals surface area contributed by atoms with Gasteiger partial charge in [-0.2, -0.15) is 8.75 Å². The first-order valence-electron chi connectivity index (χ1n) is 11.6. The molecule has 0 atom stereocenters. The molecular weight excluding hydrogens is 520 g/mol. The SMILES string of the molecule is O=S(=O)(Nc1nc2ccccc2nc1Nc1ccc(OCc2ccccc2)cc1)c1cccc2nsnc12. The molecule has 0 aliphatic rings. The minimum Gasteiger partial charge on any atom is -0.489 e. The number of nitrogens with zero attached hydrogens (tertiary/aromatic N) is 4. The van der Waals surface area contributed by atoms with Gasteiger partial charge in [-0.15, -0.1) is 0 Å². The zero-order valence-electron chi connectivity index (χ0n) is 19.8. The predicted octanol–water partition coefficient (Wildman–Crippen LogP) is 5.76. The minimum atomic E-state index is -4.04. The van der Waals surface area contributed by atoms with E-state index in [4.69, 9.17) is 4.74 Å². The number of hydrogen-bond acceptors (Lipinski definition) is 9. The van der Waals surface area contributed by atoms with Crippen molar-refractivity contribution in [3.8, 4) is 5.75 Å². The standard InChI is InChI=1S/C27H20N6O3S2/c34-38(35,24-12-6-11-23-25(24)32-37-31-23)33-27-26(29-21-9-4-5-10-22(21)30-27)28-19-13-15-20(16-14-19)36-17-18-7-2-1-3-8-18/h1-16H,17H2,(H,28,29)(H,30,33). The van der Waals surface area contributed by atoms with Crippen LogP contribution < -0.4 is 14.8 Å². The molecule has 0 radical (unpaired) electrons. The number of benzene rings is 4. The van der Waals surface area contributed by atoms with E-state index in [0.29, 0.717) is 40.1 Å². The topological polar surface area (TPSA) is 119 Å². The third-order valence-electron chi connectivity index (χ3n) is 5.71. The number of rotatable bonds is 8. The van der Waals surface area contributed by atoms with Crippen LogP contribution in [0.3, 0.4) is 0 Å². The number of nitrogens with one attached hydrogen (secondary N) is 2. The van der Waals surface area contributed by atoms with Crippen LogP contribution >= 0.6 is 11.7 Å².